The second-order valence-electron chi connectivity index (χ2n) is 1.75. The van der Waals surface area contributed by atoms with Gasteiger partial charge >= 0.3 is 0 Å². The van der Waals surface area contributed by atoms with Gasteiger partial charge < -0.3 is 4.74 Å². The van der Waals surface area contributed by atoms with Gasteiger partial charge in [-0.2, -0.15) is 0 Å². The van der Waals surface area contributed by atoms with Crippen molar-refractivity contribution in [1.82, 2.24) is 0 Å². The molecular formula is C8H12F2OOs. The molecule has 1 aromatic rings. The Labute approximate surface area is 83.9 Å². The minimum absolute atomic E-state index is 0. The molecule has 0 aromatic heterocycles. The van der Waals surface area contributed by atoms with Crippen molar-refractivity contribution in [2.24, 2.45) is 0 Å². The Balaban J connectivity index is -0.000000270. The topological polar surface area (TPSA) is 9.23 Å². The summed E-state index contributed by atoms with van der Waals surface area (Å²) in [7, 11) is 0. The first-order chi connectivity index (χ1) is 4.43. The van der Waals surface area contributed by atoms with Gasteiger partial charge in [0.15, 0.2) is 0 Å². The van der Waals surface area contributed by atoms with Crippen molar-refractivity contribution in [3.8, 4) is 5.75 Å². The van der Waals surface area contributed by atoms with Crippen molar-refractivity contribution in [2.75, 3.05) is 6.61 Å². The zero-order chi connectivity index (χ0) is 6.53. The number of halogens is 2. The molecule has 0 fully saturated rings. The van der Waals surface area contributed by atoms with E-state index in [9.17, 15) is 0 Å². The molecule has 0 spiro atoms. The summed E-state index contributed by atoms with van der Waals surface area (Å²) in [5, 5.41) is 0. The van der Waals surface area contributed by atoms with Gasteiger partial charge in [0, 0.05) is 19.8 Å². The van der Waals surface area contributed by atoms with E-state index in [1.165, 1.54) is 0 Å². The van der Waals surface area contributed by atoms with Crippen LogP contribution in [0.25, 0.3) is 0 Å². The van der Waals surface area contributed by atoms with Crippen LogP contribution in [-0.2, 0) is 19.8 Å². The average Bonchev–Trinajstić information content (AvgIpc) is 1.91. The summed E-state index contributed by atoms with van der Waals surface area (Å²) in [6, 6.07) is 9.80. The molecule has 1 nitrogen and oxygen atoms in total. The Kier molecular flexibility index (Phi) is 15.4. The van der Waals surface area contributed by atoms with Gasteiger partial charge in [-0.05, 0) is 19.1 Å². The minimum Gasteiger partial charge on any atom is -0.494 e. The number of para-hydroxylation sites is 1. The molecule has 1 rings (SSSR count). The van der Waals surface area contributed by atoms with Gasteiger partial charge in [-0.1, -0.05) is 18.2 Å². The Hall–Kier alpha value is -0.484. The van der Waals surface area contributed by atoms with Crippen LogP contribution in [0.3, 0.4) is 0 Å². The maximum atomic E-state index is 5.21. The van der Waals surface area contributed by atoms with Gasteiger partial charge in [-0.25, -0.2) is 0 Å². The molecule has 0 atom stereocenters. The van der Waals surface area contributed by atoms with Gasteiger partial charge in [0.25, 0.3) is 0 Å². The Morgan fingerprint density at radius 3 is 2.00 bits per heavy atom. The zero-order valence-electron chi connectivity index (χ0n) is 6.67. The van der Waals surface area contributed by atoms with Crippen molar-refractivity contribution < 1.29 is 33.9 Å². The predicted octanol–water partition coefficient (Wildman–Crippen LogP) is 2.39. The summed E-state index contributed by atoms with van der Waals surface area (Å²) >= 11 is 0. The van der Waals surface area contributed by atoms with Gasteiger partial charge in [-0.15, -0.1) is 0 Å². The van der Waals surface area contributed by atoms with Gasteiger partial charge in [-0.3, -0.25) is 9.41 Å². The summed E-state index contributed by atoms with van der Waals surface area (Å²) in [4.78, 5) is 0. The van der Waals surface area contributed by atoms with E-state index in [1.54, 1.807) is 0 Å². The van der Waals surface area contributed by atoms with E-state index >= 15 is 0 Å². The molecule has 0 heterocycles. The third-order valence-electron chi connectivity index (χ3n) is 1.05. The van der Waals surface area contributed by atoms with Crippen molar-refractivity contribution in [3.63, 3.8) is 0 Å². The van der Waals surface area contributed by atoms with E-state index in [2.05, 4.69) is 0 Å². The van der Waals surface area contributed by atoms with E-state index in [-0.39, 0.29) is 29.2 Å². The molecule has 0 saturated carbocycles. The molecule has 0 aliphatic rings. The molecule has 0 saturated heterocycles. The fourth-order valence-corrected chi connectivity index (χ4v) is 0.683. The number of hydrogen-bond acceptors (Lipinski definition) is 1. The van der Waals surface area contributed by atoms with Gasteiger partial charge in [0.2, 0.25) is 0 Å². The van der Waals surface area contributed by atoms with Crippen LogP contribution in [0.5, 0.6) is 5.75 Å². The maximum Gasteiger partial charge on any atom is 0.119 e. The molecule has 0 unspecified atom stereocenters. The second kappa shape index (κ2) is 10.5. The van der Waals surface area contributed by atoms with E-state index in [4.69, 9.17) is 4.74 Å². The van der Waals surface area contributed by atoms with Crippen LogP contribution >= 0.6 is 0 Å². The molecule has 0 N–H and O–H groups in total. The van der Waals surface area contributed by atoms with Crippen LogP contribution in [-0.4, -0.2) is 6.61 Å². The molecule has 72 valence electrons. The van der Waals surface area contributed by atoms with Crippen LogP contribution in [0.4, 0.5) is 9.41 Å². The molecule has 0 aliphatic carbocycles. The Bertz CT molecular complexity index is 170. The molecule has 0 amide bonds. The number of ether oxygens (including phenoxy) is 1. The van der Waals surface area contributed by atoms with E-state index in [0.717, 1.165) is 12.4 Å². The fraction of sp³-hybridized carbons (Fsp3) is 0.250. The first kappa shape index (κ1) is 17.6. The third-order valence-corrected chi connectivity index (χ3v) is 1.05. The van der Waals surface area contributed by atoms with Crippen molar-refractivity contribution >= 4 is 0 Å². The molecule has 4 heteroatoms. The Morgan fingerprint density at radius 1 is 1.08 bits per heavy atom. The van der Waals surface area contributed by atoms with Crippen LogP contribution in [0, 0.1) is 0 Å². The number of rotatable bonds is 2. The number of hydrogen-bond donors (Lipinski definition) is 0. The average molecular weight is 352 g/mol. The molecular weight excluding hydrogens is 340 g/mol. The van der Waals surface area contributed by atoms with E-state index in [0.29, 0.717) is 0 Å². The van der Waals surface area contributed by atoms with Gasteiger partial charge in [0.1, 0.15) is 5.75 Å². The van der Waals surface area contributed by atoms with Crippen molar-refractivity contribution in [1.29, 1.82) is 0 Å². The van der Waals surface area contributed by atoms with E-state index < -0.39 is 0 Å². The van der Waals surface area contributed by atoms with Crippen molar-refractivity contribution in [3.05, 3.63) is 30.3 Å². The summed E-state index contributed by atoms with van der Waals surface area (Å²) in [5.74, 6) is 0.944. The summed E-state index contributed by atoms with van der Waals surface area (Å²) in [6.07, 6.45) is 0. The summed E-state index contributed by atoms with van der Waals surface area (Å²) in [5.41, 5.74) is 0. The first-order valence-electron chi connectivity index (χ1n) is 3.11. The predicted molar refractivity (Wildman–Crippen MR) is 42.6 cm³/mol. The standard InChI is InChI=1S/C8H10O.2FH.Os/c1-2-9-8-6-4-3-5-7-8;;;/h3-7H,2H2,1H3;2*1H;. The molecule has 12 heavy (non-hydrogen) atoms. The van der Waals surface area contributed by atoms with E-state index in [1.807, 2.05) is 37.3 Å². The first-order valence-corrected chi connectivity index (χ1v) is 3.11. The van der Waals surface area contributed by atoms with Crippen LogP contribution < -0.4 is 4.74 Å². The maximum absolute atomic E-state index is 5.21. The zero-order valence-corrected chi connectivity index (χ0v) is 9.21. The fourth-order valence-electron chi connectivity index (χ4n) is 0.683. The molecule has 0 radical (unpaired) electrons. The SMILES string of the molecule is CCOc1ccccc1.F.F.[Os]. The van der Waals surface area contributed by atoms with Crippen LogP contribution in [0.2, 0.25) is 0 Å². The van der Waals surface area contributed by atoms with Gasteiger partial charge in [0.05, 0.1) is 6.61 Å². The van der Waals surface area contributed by atoms with Crippen LogP contribution in [0.15, 0.2) is 30.3 Å². The smallest absolute Gasteiger partial charge is 0.119 e. The molecule has 1 aromatic carbocycles. The minimum atomic E-state index is 0. The quantitative estimate of drug-likeness (QED) is 0.794. The largest absolute Gasteiger partial charge is 0.494 e. The second-order valence-corrected chi connectivity index (χ2v) is 1.75. The molecule has 0 aliphatic heterocycles. The summed E-state index contributed by atoms with van der Waals surface area (Å²) in [6.45, 7) is 2.72. The third kappa shape index (κ3) is 6.24. The summed E-state index contributed by atoms with van der Waals surface area (Å²) < 4.78 is 5.21. The Morgan fingerprint density at radius 2 is 1.58 bits per heavy atom. The van der Waals surface area contributed by atoms with Crippen molar-refractivity contribution in [2.45, 2.75) is 6.92 Å². The monoisotopic (exact) mass is 354 g/mol. The van der Waals surface area contributed by atoms with Crippen LogP contribution in [0.1, 0.15) is 6.92 Å². The molecule has 0 bridgehead atoms. The normalized spacial score (nSPS) is 6.75. The number of benzene rings is 1.